The number of ether oxygens (including phenoxy) is 1. The molecular weight excluding hydrogens is 416 g/mol. The average Bonchev–Trinajstić information content (AvgIpc) is 3.30. The molecule has 1 fully saturated rings. The van der Waals surface area contributed by atoms with Gasteiger partial charge < -0.3 is 14.6 Å². The Hall–Kier alpha value is -3.26. The van der Waals surface area contributed by atoms with Crippen LogP contribution in [-0.4, -0.2) is 44.0 Å². The van der Waals surface area contributed by atoms with Crippen molar-refractivity contribution >= 4 is 5.91 Å². The second kappa shape index (κ2) is 10.6. The lowest BCUT2D eigenvalue weighted by Crippen LogP contribution is -2.35. The quantitative estimate of drug-likeness (QED) is 0.566. The van der Waals surface area contributed by atoms with Gasteiger partial charge in [-0.15, -0.1) is 0 Å². The summed E-state index contributed by atoms with van der Waals surface area (Å²) in [6.45, 7) is 7.09. The number of carbonyl (C=O) groups is 1. The van der Waals surface area contributed by atoms with Gasteiger partial charge in [0.25, 0.3) is 5.91 Å². The monoisotopic (exact) mass is 448 g/mol. The highest BCUT2D eigenvalue weighted by atomic mass is 16.5. The molecule has 33 heavy (non-hydrogen) atoms. The molecule has 1 atom stereocenters. The van der Waals surface area contributed by atoms with Crippen molar-refractivity contribution in [2.75, 3.05) is 13.7 Å². The topological polar surface area (TPSA) is 85.2 Å². The zero-order valence-corrected chi connectivity index (χ0v) is 19.6. The van der Waals surface area contributed by atoms with E-state index in [0.29, 0.717) is 17.8 Å². The zero-order chi connectivity index (χ0) is 23.2. The zero-order valence-electron chi connectivity index (χ0n) is 19.6. The third kappa shape index (κ3) is 5.39. The second-order valence-electron chi connectivity index (χ2n) is 8.37. The number of imidazole rings is 1. The Morgan fingerprint density at radius 1 is 1.27 bits per heavy atom. The van der Waals surface area contributed by atoms with Crippen LogP contribution in [-0.2, 0) is 19.6 Å². The van der Waals surface area contributed by atoms with Gasteiger partial charge in [-0.3, -0.25) is 9.69 Å². The first-order valence-corrected chi connectivity index (χ1v) is 11.6. The first-order valence-electron chi connectivity index (χ1n) is 11.6. The number of methoxy groups -OCH3 is 1. The summed E-state index contributed by atoms with van der Waals surface area (Å²) in [6.07, 6.45) is 8.86. The molecule has 8 nitrogen and oxygen atoms in total. The Morgan fingerprint density at radius 2 is 2.15 bits per heavy atom. The number of amides is 1. The summed E-state index contributed by atoms with van der Waals surface area (Å²) in [5, 5.41) is 2.96. The van der Waals surface area contributed by atoms with Gasteiger partial charge in [0.2, 0.25) is 0 Å². The van der Waals surface area contributed by atoms with Gasteiger partial charge in [-0.05, 0) is 50.9 Å². The fraction of sp³-hybridized carbons (Fsp3) is 0.440. The lowest BCUT2D eigenvalue weighted by molar-refractivity contribution is 0.0948. The maximum absolute atomic E-state index is 12.8. The number of piperidine rings is 1. The summed E-state index contributed by atoms with van der Waals surface area (Å²) in [6, 6.07) is 7.79. The number of aryl methyl sites for hydroxylation is 2. The number of nitrogens with one attached hydrogen (secondary N) is 1. The van der Waals surface area contributed by atoms with Crippen LogP contribution in [0.25, 0.3) is 0 Å². The highest BCUT2D eigenvalue weighted by Crippen LogP contribution is 2.30. The van der Waals surface area contributed by atoms with Crippen LogP contribution in [0, 0.1) is 6.92 Å². The van der Waals surface area contributed by atoms with E-state index in [9.17, 15) is 4.79 Å². The van der Waals surface area contributed by atoms with E-state index in [1.165, 1.54) is 0 Å². The van der Waals surface area contributed by atoms with Crippen LogP contribution in [0.5, 0.6) is 5.75 Å². The summed E-state index contributed by atoms with van der Waals surface area (Å²) in [4.78, 5) is 29.1. The van der Waals surface area contributed by atoms with Gasteiger partial charge in [0.05, 0.1) is 31.0 Å². The third-order valence-electron chi connectivity index (χ3n) is 6.23. The van der Waals surface area contributed by atoms with Crippen LogP contribution in [0.4, 0.5) is 0 Å². The van der Waals surface area contributed by atoms with Crippen LogP contribution in [0.3, 0.4) is 0 Å². The van der Waals surface area contributed by atoms with Crippen molar-refractivity contribution in [1.29, 1.82) is 0 Å². The summed E-state index contributed by atoms with van der Waals surface area (Å²) >= 11 is 0. The SMILES string of the molecule is CCn1ccnc1CN1CCCC[C@@H]1c1ncc(C(=O)NCc2cccc(OC)c2)c(C)n1. The van der Waals surface area contributed by atoms with Crippen molar-refractivity contribution in [3.8, 4) is 5.75 Å². The van der Waals surface area contributed by atoms with E-state index in [0.717, 1.165) is 61.9 Å². The van der Waals surface area contributed by atoms with E-state index in [2.05, 4.69) is 31.7 Å². The van der Waals surface area contributed by atoms with Gasteiger partial charge in [0.15, 0.2) is 0 Å². The van der Waals surface area contributed by atoms with E-state index < -0.39 is 0 Å². The molecule has 1 N–H and O–H groups in total. The van der Waals surface area contributed by atoms with Crippen molar-refractivity contribution in [3.63, 3.8) is 0 Å². The summed E-state index contributed by atoms with van der Waals surface area (Å²) in [7, 11) is 1.63. The minimum Gasteiger partial charge on any atom is -0.497 e. The van der Waals surface area contributed by atoms with Gasteiger partial charge in [0, 0.05) is 31.7 Å². The standard InChI is InChI=1S/C25H32N6O2/c1-4-30-13-11-26-23(30)17-31-12-6-5-10-22(31)24-27-16-21(18(2)29-24)25(32)28-15-19-8-7-9-20(14-19)33-3/h7-9,11,13-14,16,22H,4-6,10,12,15,17H2,1-3H3,(H,28,32)/t22-/m1/s1. The molecule has 0 aliphatic carbocycles. The number of nitrogens with zero attached hydrogens (tertiary/aromatic N) is 5. The number of hydrogen-bond acceptors (Lipinski definition) is 6. The molecule has 1 aromatic carbocycles. The molecule has 0 radical (unpaired) electrons. The smallest absolute Gasteiger partial charge is 0.254 e. The number of carbonyl (C=O) groups excluding carboxylic acids is 1. The second-order valence-corrected chi connectivity index (χ2v) is 8.37. The number of rotatable bonds is 8. The predicted octanol–water partition coefficient (Wildman–Crippen LogP) is 3.67. The number of aromatic nitrogens is 4. The van der Waals surface area contributed by atoms with Gasteiger partial charge in [-0.1, -0.05) is 18.6 Å². The van der Waals surface area contributed by atoms with Crippen molar-refractivity contribution < 1.29 is 9.53 Å². The fourth-order valence-electron chi connectivity index (χ4n) is 4.36. The molecular formula is C25H32N6O2. The highest BCUT2D eigenvalue weighted by Gasteiger charge is 2.28. The molecule has 0 bridgehead atoms. The van der Waals surface area contributed by atoms with Crippen LogP contribution < -0.4 is 10.1 Å². The number of likely N-dealkylation sites (tertiary alicyclic amines) is 1. The molecule has 0 unspecified atom stereocenters. The molecule has 8 heteroatoms. The minimum atomic E-state index is -0.174. The summed E-state index contributed by atoms with van der Waals surface area (Å²) < 4.78 is 7.42. The minimum absolute atomic E-state index is 0.133. The van der Waals surface area contributed by atoms with Gasteiger partial charge >= 0.3 is 0 Å². The van der Waals surface area contributed by atoms with Crippen LogP contribution >= 0.6 is 0 Å². The van der Waals surface area contributed by atoms with E-state index in [-0.39, 0.29) is 11.9 Å². The maximum atomic E-state index is 12.8. The molecule has 1 amide bonds. The summed E-state index contributed by atoms with van der Waals surface area (Å²) in [5.41, 5.74) is 2.18. The third-order valence-corrected chi connectivity index (χ3v) is 6.23. The Kier molecular flexibility index (Phi) is 7.34. The molecule has 4 rings (SSSR count). The van der Waals surface area contributed by atoms with E-state index in [1.807, 2.05) is 43.6 Å². The highest BCUT2D eigenvalue weighted by molar-refractivity contribution is 5.94. The largest absolute Gasteiger partial charge is 0.497 e. The van der Waals surface area contributed by atoms with Crippen LogP contribution in [0.1, 0.15) is 65.5 Å². The molecule has 2 aromatic heterocycles. The molecule has 1 aliphatic heterocycles. The lowest BCUT2D eigenvalue weighted by Gasteiger charge is -2.34. The van der Waals surface area contributed by atoms with Crippen molar-refractivity contribution in [2.45, 2.75) is 58.8 Å². The normalized spacial score (nSPS) is 16.5. The Morgan fingerprint density at radius 3 is 2.94 bits per heavy atom. The van der Waals surface area contributed by atoms with Crippen molar-refractivity contribution in [3.05, 3.63) is 71.3 Å². The molecule has 0 spiro atoms. The van der Waals surface area contributed by atoms with Gasteiger partial charge in [-0.25, -0.2) is 15.0 Å². The molecule has 174 valence electrons. The molecule has 3 aromatic rings. The first-order chi connectivity index (χ1) is 16.1. The molecule has 1 saturated heterocycles. The summed E-state index contributed by atoms with van der Waals surface area (Å²) in [5.74, 6) is 2.44. The maximum Gasteiger partial charge on any atom is 0.254 e. The van der Waals surface area contributed by atoms with E-state index in [1.54, 1.807) is 13.3 Å². The molecule has 1 aliphatic rings. The average molecular weight is 449 g/mol. The van der Waals surface area contributed by atoms with E-state index >= 15 is 0 Å². The Labute approximate surface area is 195 Å². The van der Waals surface area contributed by atoms with E-state index in [4.69, 9.17) is 9.72 Å². The number of benzene rings is 1. The molecule has 0 saturated carbocycles. The van der Waals surface area contributed by atoms with Crippen LogP contribution in [0.2, 0.25) is 0 Å². The lowest BCUT2D eigenvalue weighted by atomic mass is 10.0. The molecule has 3 heterocycles. The van der Waals surface area contributed by atoms with Crippen molar-refractivity contribution in [1.82, 2.24) is 29.7 Å². The first kappa shape index (κ1) is 22.9. The van der Waals surface area contributed by atoms with Gasteiger partial charge in [0.1, 0.15) is 17.4 Å². The van der Waals surface area contributed by atoms with Crippen LogP contribution in [0.15, 0.2) is 42.9 Å². The Balaban J connectivity index is 1.45. The van der Waals surface area contributed by atoms with Crippen molar-refractivity contribution in [2.24, 2.45) is 0 Å². The predicted molar refractivity (Wildman–Crippen MR) is 126 cm³/mol. The Bertz CT molecular complexity index is 1100. The fourth-order valence-corrected chi connectivity index (χ4v) is 4.36. The van der Waals surface area contributed by atoms with Gasteiger partial charge in [-0.2, -0.15) is 0 Å². The number of hydrogen-bond donors (Lipinski definition) is 1.